The van der Waals surface area contributed by atoms with Gasteiger partial charge in [0, 0.05) is 13.1 Å². The average molecular weight is 262 g/mol. The van der Waals surface area contributed by atoms with E-state index >= 15 is 0 Å². The van der Waals surface area contributed by atoms with Crippen molar-refractivity contribution < 1.29 is 8.42 Å². The van der Waals surface area contributed by atoms with Crippen molar-refractivity contribution in [2.45, 2.75) is 51.0 Å². The van der Waals surface area contributed by atoms with Gasteiger partial charge in [0.15, 0.2) is 0 Å². The van der Waals surface area contributed by atoms with Gasteiger partial charge in [-0.2, -0.15) is 0 Å². The van der Waals surface area contributed by atoms with Gasteiger partial charge in [-0.05, 0) is 32.9 Å². The van der Waals surface area contributed by atoms with Crippen LogP contribution in [0.2, 0.25) is 0 Å². The molecule has 1 rings (SSSR count). The van der Waals surface area contributed by atoms with Crippen LogP contribution in [-0.2, 0) is 10.0 Å². The van der Waals surface area contributed by atoms with Crippen LogP contribution in [0.3, 0.4) is 0 Å². The van der Waals surface area contributed by atoms with E-state index in [1.165, 1.54) is 25.7 Å². The van der Waals surface area contributed by atoms with Crippen molar-refractivity contribution in [2.75, 3.05) is 26.4 Å². The highest BCUT2D eigenvalue weighted by molar-refractivity contribution is 7.89. The lowest BCUT2D eigenvalue weighted by molar-refractivity contribution is 0.335. The van der Waals surface area contributed by atoms with Crippen LogP contribution in [0.15, 0.2) is 0 Å². The Balaban J connectivity index is 2.50. The van der Waals surface area contributed by atoms with Crippen LogP contribution in [0.25, 0.3) is 0 Å². The average Bonchev–Trinajstić information content (AvgIpc) is 2.56. The summed E-state index contributed by atoms with van der Waals surface area (Å²) in [5, 5.41) is 2.99. The summed E-state index contributed by atoms with van der Waals surface area (Å²) in [6, 6.07) is 0.233. The fourth-order valence-electron chi connectivity index (χ4n) is 2.42. The standard InChI is InChI=1S/C12H26N2O2S/c1-13-10-7-11-17(15,16)14(2)12-8-5-3-4-6-9-12/h12-13H,3-11H2,1-2H3. The monoisotopic (exact) mass is 262 g/mol. The molecule has 1 aliphatic carbocycles. The fraction of sp³-hybridized carbons (Fsp3) is 1.00. The zero-order valence-electron chi connectivity index (χ0n) is 11.1. The molecule has 1 N–H and O–H groups in total. The third-order valence-electron chi connectivity index (χ3n) is 3.61. The summed E-state index contributed by atoms with van der Waals surface area (Å²) in [5.41, 5.74) is 0. The number of rotatable bonds is 6. The molecule has 0 aromatic heterocycles. The van der Waals surface area contributed by atoms with Crippen LogP contribution in [0.5, 0.6) is 0 Å². The zero-order valence-corrected chi connectivity index (χ0v) is 11.9. The van der Waals surface area contributed by atoms with Crippen LogP contribution >= 0.6 is 0 Å². The number of nitrogens with zero attached hydrogens (tertiary/aromatic N) is 1. The molecule has 17 heavy (non-hydrogen) atoms. The highest BCUT2D eigenvalue weighted by Crippen LogP contribution is 2.23. The van der Waals surface area contributed by atoms with Gasteiger partial charge in [0.1, 0.15) is 0 Å². The van der Waals surface area contributed by atoms with E-state index in [0.29, 0.717) is 6.42 Å². The van der Waals surface area contributed by atoms with Crippen molar-refractivity contribution in [2.24, 2.45) is 0 Å². The van der Waals surface area contributed by atoms with Crippen LogP contribution in [0.1, 0.15) is 44.9 Å². The second kappa shape index (κ2) is 7.34. The minimum atomic E-state index is -3.06. The summed E-state index contributed by atoms with van der Waals surface area (Å²) < 4.78 is 25.9. The van der Waals surface area contributed by atoms with Gasteiger partial charge in [-0.25, -0.2) is 12.7 Å². The lowest BCUT2D eigenvalue weighted by Gasteiger charge is -2.26. The molecular formula is C12H26N2O2S. The molecule has 0 unspecified atom stereocenters. The molecule has 0 heterocycles. The van der Waals surface area contributed by atoms with E-state index in [4.69, 9.17) is 0 Å². The Hall–Kier alpha value is -0.130. The Morgan fingerprint density at radius 2 is 1.76 bits per heavy atom. The molecule has 0 aromatic rings. The second-order valence-corrected chi connectivity index (χ2v) is 7.08. The molecule has 0 spiro atoms. The van der Waals surface area contributed by atoms with Crippen molar-refractivity contribution in [3.8, 4) is 0 Å². The summed E-state index contributed by atoms with van der Waals surface area (Å²) in [4.78, 5) is 0. The summed E-state index contributed by atoms with van der Waals surface area (Å²) >= 11 is 0. The molecule has 0 aliphatic heterocycles. The first kappa shape index (κ1) is 14.9. The molecule has 0 saturated heterocycles. The first-order valence-electron chi connectivity index (χ1n) is 6.68. The van der Waals surface area contributed by atoms with E-state index < -0.39 is 10.0 Å². The van der Waals surface area contributed by atoms with Crippen LogP contribution in [-0.4, -0.2) is 45.2 Å². The summed E-state index contributed by atoms with van der Waals surface area (Å²) in [6.45, 7) is 0.762. The topological polar surface area (TPSA) is 49.4 Å². The van der Waals surface area contributed by atoms with Crippen molar-refractivity contribution in [1.82, 2.24) is 9.62 Å². The third kappa shape index (κ3) is 4.94. The Morgan fingerprint density at radius 1 is 1.18 bits per heavy atom. The predicted molar refractivity (Wildman–Crippen MR) is 71.6 cm³/mol. The van der Waals surface area contributed by atoms with Gasteiger partial charge in [0.05, 0.1) is 5.75 Å². The molecule has 102 valence electrons. The van der Waals surface area contributed by atoms with E-state index in [1.54, 1.807) is 11.4 Å². The number of hydrogen-bond donors (Lipinski definition) is 1. The van der Waals surface area contributed by atoms with Crippen molar-refractivity contribution in [1.29, 1.82) is 0 Å². The van der Waals surface area contributed by atoms with E-state index in [0.717, 1.165) is 19.4 Å². The molecule has 0 bridgehead atoms. The second-order valence-electron chi connectivity index (χ2n) is 4.93. The maximum absolute atomic E-state index is 12.1. The molecule has 0 radical (unpaired) electrons. The normalized spacial score (nSPS) is 19.5. The van der Waals surface area contributed by atoms with Gasteiger partial charge in [-0.3, -0.25) is 0 Å². The quantitative estimate of drug-likeness (QED) is 0.584. The predicted octanol–water partition coefficient (Wildman–Crippen LogP) is 1.58. The largest absolute Gasteiger partial charge is 0.320 e. The Morgan fingerprint density at radius 3 is 2.29 bits per heavy atom. The molecule has 0 aromatic carbocycles. The molecule has 1 saturated carbocycles. The van der Waals surface area contributed by atoms with E-state index in [1.807, 2.05) is 7.05 Å². The first-order valence-corrected chi connectivity index (χ1v) is 8.29. The van der Waals surface area contributed by atoms with Gasteiger partial charge in [0.25, 0.3) is 0 Å². The van der Waals surface area contributed by atoms with Gasteiger partial charge >= 0.3 is 0 Å². The van der Waals surface area contributed by atoms with Crippen LogP contribution in [0.4, 0.5) is 0 Å². The zero-order chi connectivity index (χ0) is 12.7. The van der Waals surface area contributed by atoms with Crippen LogP contribution in [0, 0.1) is 0 Å². The Labute approximate surface area is 106 Å². The smallest absolute Gasteiger partial charge is 0.214 e. The molecule has 4 nitrogen and oxygen atoms in total. The van der Waals surface area contributed by atoms with Gasteiger partial charge in [0.2, 0.25) is 10.0 Å². The van der Waals surface area contributed by atoms with Gasteiger partial charge in [-0.1, -0.05) is 25.7 Å². The minimum absolute atomic E-state index is 0.233. The van der Waals surface area contributed by atoms with Gasteiger partial charge in [-0.15, -0.1) is 0 Å². The SMILES string of the molecule is CNCCCS(=O)(=O)N(C)C1CCCCCC1. The first-order chi connectivity index (χ1) is 8.08. The van der Waals surface area contributed by atoms with E-state index in [2.05, 4.69) is 5.32 Å². The fourth-order valence-corrected chi connectivity index (χ4v) is 3.89. The van der Waals surface area contributed by atoms with Gasteiger partial charge < -0.3 is 5.32 Å². The van der Waals surface area contributed by atoms with Crippen LogP contribution < -0.4 is 5.32 Å². The maximum atomic E-state index is 12.1. The number of nitrogens with one attached hydrogen (secondary N) is 1. The molecule has 0 atom stereocenters. The van der Waals surface area contributed by atoms with Crippen molar-refractivity contribution in [3.63, 3.8) is 0 Å². The molecular weight excluding hydrogens is 236 g/mol. The minimum Gasteiger partial charge on any atom is -0.320 e. The molecule has 5 heteroatoms. The van der Waals surface area contributed by atoms with Crippen molar-refractivity contribution >= 4 is 10.0 Å². The lowest BCUT2D eigenvalue weighted by Crippen LogP contribution is -2.38. The third-order valence-corrected chi connectivity index (χ3v) is 5.59. The lowest BCUT2D eigenvalue weighted by atomic mass is 10.1. The number of hydrogen-bond acceptors (Lipinski definition) is 3. The summed E-state index contributed by atoms with van der Waals surface area (Å²) in [7, 11) is 0.548. The molecule has 1 fully saturated rings. The maximum Gasteiger partial charge on any atom is 0.214 e. The van der Waals surface area contributed by atoms with E-state index in [-0.39, 0.29) is 11.8 Å². The highest BCUT2D eigenvalue weighted by atomic mass is 32.2. The van der Waals surface area contributed by atoms with E-state index in [9.17, 15) is 8.42 Å². The summed E-state index contributed by atoms with van der Waals surface area (Å²) in [6.07, 6.45) is 7.59. The molecule has 0 amide bonds. The Kier molecular flexibility index (Phi) is 6.44. The highest BCUT2D eigenvalue weighted by Gasteiger charge is 2.26. The Bertz CT molecular complexity index is 296. The van der Waals surface area contributed by atoms with Crippen molar-refractivity contribution in [3.05, 3.63) is 0 Å². The number of sulfonamides is 1. The summed E-state index contributed by atoms with van der Waals surface area (Å²) in [5.74, 6) is 0.265. The molecule has 1 aliphatic rings.